The third-order valence-electron chi connectivity index (χ3n) is 3.09. The molecule has 1 aliphatic rings. The molecule has 102 valence electrons. The minimum Gasteiger partial charge on any atom is -0.375 e. The van der Waals surface area contributed by atoms with E-state index < -0.39 is 10.0 Å². The van der Waals surface area contributed by atoms with Gasteiger partial charge < -0.3 is 9.26 Å². The molecule has 0 aliphatic carbocycles. The van der Waals surface area contributed by atoms with Crippen molar-refractivity contribution in [3.8, 4) is 0 Å². The van der Waals surface area contributed by atoms with Gasteiger partial charge in [0.15, 0.2) is 5.76 Å². The van der Waals surface area contributed by atoms with Crippen molar-refractivity contribution >= 4 is 10.0 Å². The van der Waals surface area contributed by atoms with Crippen molar-refractivity contribution in [2.45, 2.75) is 44.7 Å². The van der Waals surface area contributed by atoms with Crippen molar-refractivity contribution in [1.29, 1.82) is 0 Å². The maximum absolute atomic E-state index is 12.6. The first-order chi connectivity index (χ1) is 8.34. The number of aryl methyl sites for hydroxylation is 2. The van der Waals surface area contributed by atoms with Crippen molar-refractivity contribution < 1.29 is 17.7 Å². The summed E-state index contributed by atoms with van der Waals surface area (Å²) in [5.41, 5.74) is 0.402. The van der Waals surface area contributed by atoms with Crippen molar-refractivity contribution in [3.05, 3.63) is 11.5 Å². The Morgan fingerprint density at radius 1 is 1.33 bits per heavy atom. The molecule has 0 radical (unpaired) electrons. The molecule has 0 saturated carbocycles. The highest BCUT2D eigenvalue weighted by Gasteiger charge is 2.37. The molecule has 0 unspecified atom stereocenters. The molecule has 2 heterocycles. The summed E-state index contributed by atoms with van der Waals surface area (Å²) >= 11 is 0. The third kappa shape index (κ3) is 2.17. The Kier molecular flexibility index (Phi) is 3.48. The Morgan fingerprint density at radius 3 is 2.56 bits per heavy atom. The van der Waals surface area contributed by atoms with Gasteiger partial charge in [0.25, 0.3) is 0 Å². The van der Waals surface area contributed by atoms with Crippen LogP contribution in [-0.4, -0.2) is 43.2 Å². The Hall–Kier alpha value is -0.920. The smallest absolute Gasteiger partial charge is 0.248 e. The standard InChI is InChI=1S/C11H18N2O4S/c1-7-6-16-8(2)5-13(7)18(14,15)11-9(3)12-17-10(11)4/h7-8H,5-6H2,1-4H3/t7-,8-/m0/s1. The number of rotatable bonds is 2. The number of hydrogen-bond acceptors (Lipinski definition) is 5. The Balaban J connectivity index is 2.42. The van der Waals surface area contributed by atoms with Crippen molar-refractivity contribution in [1.82, 2.24) is 9.46 Å². The van der Waals surface area contributed by atoms with Gasteiger partial charge in [-0.25, -0.2) is 8.42 Å². The number of sulfonamides is 1. The largest absolute Gasteiger partial charge is 0.375 e. The minimum absolute atomic E-state index is 0.101. The Morgan fingerprint density at radius 2 is 2.00 bits per heavy atom. The zero-order valence-corrected chi connectivity index (χ0v) is 11.8. The van der Waals surface area contributed by atoms with E-state index >= 15 is 0 Å². The molecule has 1 aliphatic heterocycles. The van der Waals surface area contributed by atoms with E-state index in [-0.39, 0.29) is 17.0 Å². The van der Waals surface area contributed by atoms with Crippen LogP contribution in [0.5, 0.6) is 0 Å². The first-order valence-electron chi connectivity index (χ1n) is 5.90. The minimum atomic E-state index is -3.57. The van der Waals surface area contributed by atoms with Crippen LogP contribution in [0.3, 0.4) is 0 Å². The summed E-state index contributed by atoms with van der Waals surface area (Å²) in [4.78, 5) is 0.184. The van der Waals surface area contributed by atoms with E-state index in [1.165, 1.54) is 4.31 Å². The van der Waals surface area contributed by atoms with Crippen molar-refractivity contribution in [3.63, 3.8) is 0 Å². The van der Waals surface area contributed by atoms with Crippen molar-refractivity contribution in [2.24, 2.45) is 0 Å². The molecule has 1 fully saturated rings. The zero-order valence-electron chi connectivity index (χ0n) is 11.0. The fraction of sp³-hybridized carbons (Fsp3) is 0.727. The molecule has 0 N–H and O–H groups in total. The summed E-state index contributed by atoms with van der Waals surface area (Å²) in [5, 5.41) is 3.71. The molecule has 1 aromatic heterocycles. The van der Waals surface area contributed by atoms with Crippen LogP contribution in [0.25, 0.3) is 0 Å². The van der Waals surface area contributed by atoms with Crippen LogP contribution in [0.15, 0.2) is 9.42 Å². The highest BCUT2D eigenvalue weighted by atomic mass is 32.2. The maximum atomic E-state index is 12.6. The Labute approximate surface area is 107 Å². The van der Waals surface area contributed by atoms with E-state index in [1.807, 2.05) is 13.8 Å². The molecule has 0 spiro atoms. The summed E-state index contributed by atoms with van der Waals surface area (Å²) in [6.45, 7) is 7.71. The van der Waals surface area contributed by atoms with Gasteiger partial charge in [-0.1, -0.05) is 5.16 Å². The quantitative estimate of drug-likeness (QED) is 0.807. The van der Waals surface area contributed by atoms with Crippen LogP contribution in [-0.2, 0) is 14.8 Å². The molecule has 2 atom stereocenters. The molecule has 7 heteroatoms. The zero-order chi connectivity index (χ0) is 13.5. The molecule has 1 aromatic rings. The lowest BCUT2D eigenvalue weighted by Crippen LogP contribution is -2.50. The second kappa shape index (κ2) is 4.64. The van der Waals surface area contributed by atoms with Crippen LogP contribution in [0.1, 0.15) is 25.3 Å². The molecular weight excluding hydrogens is 256 g/mol. The molecule has 18 heavy (non-hydrogen) atoms. The second-order valence-electron chi connectivity index (χ2n) is 4.72. The van der Waals surface area contributed by atoms with E-state index in [9.17, 15) is 8.42 Å². The number of nitrogens with zero attached hydrogens (tertiary/aromatic N) is 2. The average Bonchev–Trinajstić information content (AvgIpc) is 2.62. The van der Waals surface area contributed by atoms with Crippen LogP contribution in [0, 0.1) is 13.8 Å². The van der Waals surface area contributed by atoms with Gasteiger partial charge in [0.2, 0.25) is 10.0 Å². The van der Waals surface area contributed by atoms with Gasteiger partial charge in [-0.05, 0) is 27.7 Å². The van der Waals surface area contributed by atoms with Crippen LogP contribution in [0.4, 0.5) is 0 Å². The molecular formula is C11H18N2O4S. The van der Waals surface area contributed by atoms with Gasteiger partial charge in [-0.15, -0.1) is 0 Å². The Bertz CT molecular complexity index is 518. The lowest BCUT2D eigenvalue weighted by atomic mass is 10.2. The molecule has 6 nitrogen and oxygen atoms in total. The second-order valence-corrected chi connectivity index (χ2v) is 6.55. The lowest BCUT2D eigenvalue weighted by molar-refractivity contribution is -0.0171. The first kappa shape index (κ1) is 13.5. The number of aromatic nitrogens is 1. The van der Waals surface area contributed by atoms with Crippen LogP contribution >= 0.6 is 0 Å². The fourth-order valence-electron chi connectivity index (χ4n) is 2.17. The normalized spacial score (nSPS) is 26.4. The van der Waals surface area contributed by atoms with E-state index in [2.05, 4.69) is 5.16 Å². The van der Waals surface area contributed by atoms with E-state index in [0.29, 0.717) is 24.6 Å². The highest BCUT2D eigenvalue weighted by molar-refractivity contribution is 7.89. The molecule has 0 amide bonds. The lowest BCUT2D eigenvalue weighted by Gasteiger charge is -2.35. The maximum Gasteiger partial charge on any atom is 0.248 e. The summed E-state index contributed by atoms with van der Waals surface area (Å²) in [5.74, 6) is 0.332. The van der Waals surface area contributed by atoms with E-state index in [4.69, 9.17) is 9.26 Å². The van der Waals surface area contributed by atoms with Gasteiger partial charge in [0.1, 0.15) is 10.6 Å². The predicted molar refractivity (Wildman–Crippen MR) is 64.7 cm³/mol. The van der Waals surface area contributed by atoms with Gasteiger partial charge in [0.05, 0.1) is 12.7 Å². The third-order valence-corrected chi connectivity index (χ3v) is 5.31. The number of morpholine rings is 1. The molecule has 2 rings (SSSR count). The summed E-state index contributed by atoms with van der Waals surface area (Å²) < 4.78 is 37.1. The number of ether oxygens (including phenoxy) is 1. The van der Waals surface area contributed by atoms with E-state index in [1.54, 1.807) is 13.8 Å². The highest BCUT2D eigenvalue weighted by Crippen LogP contribution is 2.26. The molecule has 1 saturated heterocycles. The topological polar surface area (TPSA) is 72.6 Å². The van der Waals surface area contributed by atoms with Crippen LogP contribution < -0.4 is 0 Å². The van der Waals surface area contributed by atoms with E-state index in [0.717, 1.165) is 0 Å². The SMILES string of the molecule is Cc1noc(C)c1S(=O)(=O)N1C[C@H](C)OC[C@@H]1C. The van der Waals surface area contributed by atoms with Gasteiger partial charge in [-0.3, -0.25) is 0 Å². The summed E-state index contributed by atoms with van der Waals surface area (Å²) in [6, 6.07) is -0.181. The van der Waals surface area contributed by atoms with Gasteiger partial charge in [-0.2, -0.15) is 4.31 Å². The average molecular weight is 274 g/mol. The predicted octanol–water partition coefficient (Wildman–Crippen LogP) is 1.09. The van der Waals surface area contributed by atoms with Crippen molar-refractivity contribution in [2.75, 3.05) is 13.2 Å². The van der Waals surface area contributed by atoms with Gasteiger partial charge in [0, 0.05) is 12.6 Å². The molecule has 0 aromatic carbocycles. The summed E-state index contributed by atoms with van der Waals surface area (Å²) in [7, 11) is -3.57. The monoisotopic (exact) mass is 274 g/mol. The van der Waals surface area contributed by atoms with Gasteiger partial charge >= 0.3 is 0 Å². The van der Waals surface area contributed by atoms with Crippen LogP contribution in [0.2, 0.25) is 0 Å². The first-order valence-corrected chi connectivity index (χ1v) is 7.34. The molecule has 0 bridgehead atoms. The fourth-order valence-corrected chi connectivity index (χ4v) is 4.15. The summed E-state index contributed by atoms with van der Waals surface area (Å²) in [6.07, 6.45) is -0.101. The number of hydrogen-bond donors (Lipinski definition) is 0.